The van der Waals surface area contributed by atoms with E-state index in [4.69, 9.17) is 9.31 Å². The van der Waals surface area contributed by atoms with Crippen molar-refractivity contribution in [3.05, 3.63) is 5.92 Å². The summed E-state index contributed by atoms with van der Waals surface area (Å²) in [5.74, 6) is 2.77. The molecule has 2 fully saturated rings. The zero-order valence-corrected chi connectivity index (χ0v) is 11.5. The molecular formula is C13H24BO2. The molecule has 2 unspecified atom stereocenters. The van der Waals surface area contributed by atoms with E-state index in [2.05, 4.69) is 41.5 Å². The molecule has 1 saturated carbocycles. The highest BCUT2D eigenvalue weighted by molar-refractivity contribution is 6.47. The van der Waals surface area contributed by atoms with E-state index in [9.17, 15) is 0 Å². The van der Waals surface area contributed by atoms with E-state index in [1.165, 1.54) is 12.8 Å². The molecule has 0 spiro atoms. The molecule has 1 saturated heterocycles. The van der Waals surface area contributed by atoms with Crippen LogP contribution in [0.2, 0.25) is 5.82 Å². The van der Waals surface area contributed by atoms with E-state index in [1.54, 1.807) is 5.92 Å². The minimum atomic E-state index is -0.187. The molecule has 2 rings (SSSR count). The number of hydrogen-bond donors (Lipinski definition) is 0. The normalized spacial score (nSPS) is 38.2. The lowest BCUT2D eigenvalue weighted by atomic mass is 9.66. The minimum absolute atomic E-state index is 0.0163. The summed E-state index contributed by atoms with van der Waals surface area (Å²) in [7, 11) is -0.0163. The van der Waals surface area contributed by atoms with E-state index in [1.807, 2.05) is 0 Å². The molecule has 91 valence electrons. The predicted octanol–water partition coefficient (Wildman–Crippen LogP) is 3.47. The van der Waals surface area contributed by atoms with E-state index < -0.39 is 0 Å². The topological polar surface area (TPSA) is 18.5 Å². The summed E-state index contributed by atoms with van der Waals surface area (Å²) in [6, 6.07) is 0. The van der Waals surface area contributed by atoms with Crippen LogP contribution >= 0.6 is 0 Å². The molecule has 2 nitrogen and oxygen atoms in total. The standard InChI is InChI=1S/C13H24BO2/c1-9-7-8-11(10(9)2)14-15-12(3,4)13(5,6)16-14/h10-11H,7-8H2,1-6H3. The molecule has 1 heterocycles. The van der Waals surface area contributed by atoms with Gasteiger partial charge in [0.25, 0.3) is 0 Å². The van der Waals surface area contributed by atoms with Crippen LogP contribution in [0.25, 0.3) is 0 Å². The first-order chi connectivity index (χ1) is 7.24. The van der Waals surface area contributed by atoms with Gasteiger partial charge in [-0.3, -0.25) is 0 Å². The SMILES string of the molecule is C[C]1CCC(B2OC(C)(C)C(C)(C)O2)C1C. The van der Waals surface area contributed by atoms with Crippen LogP contribution in [0.1, 0.15) is 54.4 Å². The summed E-state index contributed by atoms with van der Waals surface area (Å²) in [5.41, 5.74) is -0.373. The molecule has 0 amide bonds. The van der Waals surface area contributed by atoms with Gasteiger partial charge in [-0.15, -0.1) is 0 Å². The Balaban J connectivity index is 2.09. The number of hydrogen-bond acceptors (Lipinski definition) is 2. The van der Waals surface area contributed by atoms with Gasteiger partial charge >= 0.3 is 7.12 Å². The first-order valence-electron chi connectivity index (χ1n) is 6.42. The van der Waals surface area contributed by atoms with Crippen LogP contribution in [-0.4, -0.2) is 18.3 Å². The molecule has 16 heavy (non-hydrogen) atoms. The van der Waals surface area contributed by atoms with Gasteiger partial charge in [0, 0.05) is 0 Å². The third-order valence-electron chi connectivity index (χ3n) is 4.91. The van der Waals surface area contributed by atoms with Crippen molar-refractivity contribution in [1.29, 1.82) is 0 Å². The minimum Gasteiger partial charge on any atom is -0.403 e. The molecule has 0 N–H and O–H groups in total. The Labute approximate surface area is 100 Å². The molecule has 2 aliphatic rings. The molecule has 3 heteroatoms. The molecule has 1 aliphatic heterocycles. The van der Waals surface area contributed by atoms with Gasteiger partial charge in [0.05, 0.1) is 11.2 Å². The van der Waals surface area contributed by atoms with E-state index in [-0.39, 0.29) is 18.3 Å². The van der Waals surface area contributed by atoms with E-state index >= 15 is 0 Å². The van der Waals surface area contributed by atoms with Crippen molar-refractivity contribution in [1.82, 2.24) is 0 Å². The van der Waals surface area contributed by atoms with Gasteiger partial charge in [0.2, 0.25) is 0 Å². The van der Waals surface area contributed by atoms with Gasteiger partial charge in [-0.2, -0.15) is 0 Å². The fourth-order valence-electron chi connectivity index (χ4n) is 2.67. The molecule has 0 aromatic heterocycles. The maximum atomic E-state index is 6.13. The van der Waals surface area contributed by atoms with Crippen molar-refractivity contribution in [2.75, 3.05) is 0 Å². The Morgan fingerprint density at radius 3 is 2.00 bits per heavy atom. The Kier molecular flexibility index (Phi) is 2.91. The Morgan fingerprint density at radius 2 is 1.62 bits per heavy atom. The molecule has 2 atom stereocenters. The molecule has 1 radical (unpaired) electrons. The lowest BCUT2D eigenvalue weighted by Gasteiger charge is -2.32. The summed E-state index contributed by atoms with van der Waals surface area (Å²) < 4.78 is 12.3. The first-order valence-corrected chi connectivity index (χ1v) is 6.42. The Morgan fingerprint density at radius 1 is 1.12 bits per heavy atom. The van der Waals surface area contributed by atoms with Crippen molar-refractivity contribution < 1.29 is 9.31 Å². The first kappa shape index (κ1) is 12.4. The third kappa shape index (κ3) is 1.82. The van der Waals surface area contributed by atoms with Gasteiger partial charge < -0.3 is 9.31 Å². The van der Waals surface area contributed by atoms with Crippen LogP contribution in [0.4, 0.5) is 0 Å². The second-order valence-electron chi connectivity index (χ2n) is 6.46. The smallest absolute Gasteiger partial charge is 0.403 e. The van der Waals surface area contributed by atoms with Crippen molar-refractivity contribution in [2.24, 2.45) is 5.92 Å². The van der Waals surface area contributed by atoms with Crippen LogP contribution in [0, 0.1) is 11.8 Å². The Hall–Kier alpha value is -0.0151. The fourth-order valence-corrected chi connectivity index (χ4v) is 2.67. The second kappa shape index (κ2) is 3.74. The fraction of sp³-hybridized carbons (Fsp3) is 0.923. The molecular weight excluding hydrogens is 199 g/mol. The van der Waals surface area contributed by atoms with Gasteiger partial charge in [0.15, 0.2) is 0 Å². The Bertz CT molecular complexity index is 259. The van der Waals surface area contributed by atoms with Crippen LogP contribution < -0.4 is 0 Å². The predicted molar refractivity (Wildman–Crippen MR) is 67.1 cm³/mol. The molecule has 0 aromatic rings. The highest BCUT2D eigenvalue weighted by Gasteiger charge is 2.55. The molecule has 0 bridgehead atoms. The summed E-state index contributed by atoms with van der Waals surface area (Å²) in [5, 5.41) is 0. The molecule has 0 aromatic carbocycles. The van der Waals surface area contributed by atoms with Crippen LogP contribution in [0.15, 0.2) is 0 Å². The van der Waals surface area contributed by atoms with Crippen molar-refractivity contribution in [3.8, 4) is 0 Å². The zero-order chi connectivity index (χ0) is 12.1. The van der Waals surface area contributed by atoms with Crippen LogP contribution in [-0.2, 0) is 9.31 Å². The van der Waals surface area contributed by atoms with Gasteiger partial charge in [-0.1, -0.05) is 20.3 Å². The van der Waals surface area contributed by atoms with Crippen molar-refractivity contribution in [2.45, 2.75) is 71.4 Å². The zero-order valence-electron chi connectivity index (χ0n) is 11.5. The van der Waals surface area contributed by atoms with Gasteiger partial charge in [-0.25, -0.2) is 0 Å². The summed E-state index contributed by atoms with van der Waals surface area (Å²) in [4.78, 5) is 0. The maximum Gasteiger partial charge on any atom is 0.461 e. The van der Waals surface area contributed by atoms with E-state index in [0.29, 0.717) is 11.7 Å². The second-order valence-corrected chi connectivity index (χ2v) is 6.46. The summed E-state index contributed by atoms with van der Waals surface area (Å²) in [6.07, 6.45) is 2.44. The molecule has 1 aliphatic carbocycles. The number of rotatable bonds is 1. The lowest BCUT2D eigenvalue weighted by molar-refractivity contribution is 0.00578. The van der Waals surface area contributed by atoms with Crippen molar-refractivity contribution in [3.63, 3.8) is 0 Å². The average molecular weight is 223 g/mol. The highest BCUT2D eigenvalue weighted by atomic mass is 16.7. The third-order valence-corrected chi connectivity index (χ3v) is 4.91. The lowest BCUT2D eigenvalue weighted by Crippen LogP contribution is -2.41. The van der Waals surface area contributed by atoms with Gasteiger partial charge in [0.1, 0.15) is 0 Å². The highest BCUT2D eigenvalue weighted by Crippen LogP contribution is 2.49. The van der Waals surface area contributed by atoms with Crippen LogP contribution in [0.5, 0.6) is 0 Å². The quantitative estimate of drug-likeness (QED) is 0.633. The van der Waals surface area contributed by atoms with Crippen LogP contribution in [0.3, 0.4) is 0 Å². The van der Waals surface area contributed by atoms with E-state index in [0.717, 1.165) is 0 Å². The summed E-state index contributed by atoms with van der Waals surface area (Å²) in [6.45, 7) is 13.1. The largest absolute Gasteiger partial charge is 0.461 e. The average Bonchev–Trinajstić information content (AvgIpc) is 2.54. The monoisotopic (exact) mass is 223 g/mol. The maximum absolute atomic E-state index is 6.13. The van der Waals surface area contributed by atoms with Gasteiger partial charge in [-0.05, 0) is 51.8 Å². The van der Waals surface area contributed by atoms with Crippen molar-refractivity contribution >= 4 is 7.12 Å². The summed E-state index contributed by atoms with van der Waals surface area (Å²) >= 11 is 0.